The number of pyridine rings is 1. The highest BCUT2D eigenvalue weighted by Gasteiger charge is 2.30. The Morgan fingerprint density at radius 3 is 2.67 bits per heavy atom. The third-order valence-electron chi connectivity index (χ3n) is 4.26. The Balaban J connectivity index is 1.46. The maximum absolute atomic E-state index is 12.8. The predicted molar refractivity (Wildman–Crippen MR) is 110 cm³/mol. The molecule has 2 heterocycles. The van der Waals surface area contributed by atoms with Gasteiger partial charge in [0.25, 0.3) is 5.91 Å². The fourth-order valence-electron chi connectivity index (χ4n) is 2.81. The number of halogens is 3. The van der Waals surface area contributed by atoms with E-state index in [1.165, 1.54) is 23.5 Å². The number of hydrogen-bond acceptors (Lipinski definition) is 5. The van der Waals surface area contributed by atoms with Gasteiger partial charge in [-0.3, -0.25) is 4.79 Å². The Labute approximate surface area is 173 Å². The van der Waals surface area contributed by atoms with E-state index in [1.807, 2.05) is 18.2 Å². The molecule has 0 saturated carbocycles. The lowest BCUT2D eigenvalue weighted by atomic mass is 10.1. The molecule has 0 spiro atoms. The monoisotopic (exact) mass is 428 g/mol. The molecule has 0 saturated heterocycles. The topological polar surface area (TPSA) is 66.9 Å². The van der Waals surface area contributed by atoms with Crippen LogP contribution in [0, 0.1) is 0 Å². The van der Waals surface area contributed by atoms with Gasteiger partial charge in [0.05, 0.1) is 15.8 Å². The van der Waals surface area contributed by atoms with Gasteiger partial charge in [0, 0.05) is 18.3 Å². The molecule has 5 nitrogen and oxygen atoms in total. The number of amides is 1. The van der Waals surface area contributed by atoms with Crippen LogP contribution in [0.4, 0.5) is 24.1 Å². The van der Waals surface area contributed by atoms with Gasteiger partial charge in [-0.15, -0.1) is 0 Å². The molecule has 2 N–H and O–H groups in total. The molecule has 2 aromatic carbocycles. The van der Waals surface area contributed by atoms with Gasteiger partial charge in [-0.1, -0.05) is 29.5 Å². The number of fused-ring (bicyclic) bond motifs is 1. The number of carbonyl (C=O) groups excluding carboxylic acids is 1. The molecule has 0 aliphatic rings. The Hall–Kier alpha value is -3.46. The molecule has 0 aliphatic carbocycles. The highest BCUT2D eigenvalue weighted by atomic mass is 32.1. The minimum absolute atomic E-state index is 0.00400. The Morgan fingerprint density at radius 2 is 1.90 bits per heavy atom. The van der Waals surface area contributed by atoms with Crippen molar-refractivity contribution in [3.63, 3.8) is 0 Å². The summed E-state index contributed by atoms with van der Waals surface area (Å²) in [5.74, 6) is 0.289. The fraction of sp³-hybridized carbons (Fsp3) is 0.0952. The average Bonchev–Trinajstić information content (AvgIpc) is 3.13. The Kier molecular flexibility index (Phi) is 5.37. The number of nitrogens with zero attached hydrogens (tertiary/aromatic N) is 2. The van der Waals surface area contributed by atoms with Crippen molar-refractivity contribution < 1.29 is 18.0 Å². The Morgan fingerprint density at radius 1 is 1.03 bits per heavy atom. The van der Waals surface area contributed by atoms with E-state index in [4.69, 9.17) is 0 Å². The Bertz CT molecular complexity index is 1190. The summed E-state index contributed by atoms with van der Waals surface area (Å²) in [4.78, 5) is 21.1. The molecule has 9 heteroatoms. The van der Waals surface area contributed by atoms with Crippen LogP contribution in [0.2, 0.25) is 0 Å². The van der Waals surface area contributed by atoms with Crippen LogP contribution in [0.3, 0.4) is 0 Å². The van der Waals surface area contributed by atoms with Gasteiger partial charge in [-0.25, -0.2) is 9.97 Å². The van der Waals surface area contributed by atoms with Crippen molar-refractivity contribution in [2.45, 2.75) is 12.7 Å². The van der Waals surface area contributed by atoms with Crippen molar-refractivity contribution in [2.24, 2.45) is 0 Å². The number of nitrogens with one attached hydrogen (secondary N) is 2. The number of hydrogen-bond donors (Lipinski definition) is 2. The lowest BCUT2D eigenvalue weighted by molar-refractivity contribution is -0.137. The first-order valence-corrected chi connectivity index (χ1v) is 9.73. The first kappa shape index (κ1) is 19.8. The largest absolute Gasteiger partial charge is 0.416 e. The minimum Gasteiger partial charge on any atom is -0.348 e. The van der Waals surface area contributed by atoms with Crippen LogP contribution in [-0.4, -0.2) is 15.9 Å². The molecule has 0 unspecified atom stereocenters. The van der Waals surface area contributed by atoms with Crippen molar-refractivity contribution in [1.29, 1.82) is 0 Å². The van der Waals surface area contributed by atoms with Crippen LogP contribution in [0.15, 0.2) is 66.9 Å². The molecule has 0 fully saturated rings. The van der Waals surface area contributed by atoms with Crippen LogP contribution >= 0.6 is 11.3 Å². The van der Waals surface area contributed by atoms with Crippen LogP contribution in [0.1, 0.15) is 21.5 Å². The zero-order valence-electron chi connectivity index (χ0n) is 15.4. The first-order valence-electron chi connectivity index (χ1n) is 8.91. The number of thiazole rings is 1. The lowest BCUT2D eigenvalue weighted by Crippen LogP contribution is -2.22. The normalized spacial score (nSPS) is 11.4. The summed E-state index contributed by atoms with van der Waals surface area (Å²) in [5.41, 5.74) is 0.766. The fourth-order valence-corrected chi connectivity index (χ4v) is 3.72. The van der Waals surface area contributed by atoms with E-state index in [2.05, 4.69) is 20.6 Å². The summed E-state index contributed by atoms with van der Waals surface area (Å²) in [6.45, 7) is -0.00400. The van der Waals surface area contributed by atoms with E-state index in [0.717, 1.165) is 22.3 Å². The summed E-state index contributed by atoms with van der Waals surface area (Å²) < 4.78 is 39.3. The van der Waals surface area contributed by atoms with E-state index < -0.39 is 11.7 Å². The lowest BCUT2D eigenvalue weighted by Gasteiger charge is -2.09. The molecule has 2 aromatic heterocycles. The molecular formula is C21H15F3N4OS. The van der Waals surface area contributed by atoms with Gasteiger partial charge in [-0.05, 0) is 48.0 Å². The van der Waals surface area contributed by atoms with Gasteiger partial charge in [0.2, 0.25) is 0 Å². The molecular weight excluding hydrogens is 413 g/mol. The molecule has 0 radical (unpaired) electrons. The maximum atomic E-state index is 12.8. The van der Waals surface area contributed by atoms with Gasteiger partial charge in [-0.2, -0.15) is 13.2 Å². The number of alkyl halides is 3. The van der Waals surface area contributed by atoms with E-state index in [-0.39, 0.29) is 12.5 Å². The summed E-state index contributed by atoms with van der Waals surface area (Å²) >= 11 is 1.38. The van der Waals surface area contributed by atoms with Gasteiger partial charge >= 0.3 is 6.18 Å². The van der Waals surface area contributed by atoms with Gasteiger partial charge < -0.3 is 10.6 Å². The zero-order chi connectivity index (χ0) is 21.1. The quantitative estimate of drug-likeness (QED) is 0.448. The molecule has 30 heavy (non-hydrogen) atoms. The summed E-state index contributed by atoms with van der Waals surface area (Å²) in [6.07, 6.45) is -2.75. The molecule has 4 aromatic rings. The second kappa shape index (κ2) is 8.11. The van der Waals surface area contributed by atoms with Gasteiger partial charge in [0.15, 0.2) is 5.13 Å². The molecule has 0 aliphatic heterocycles. The molecule has 4 rings (SSSR count). The van der Waals surface area contributed by atoms with E-state index >= 15 is 0 Å². The predicted octanol–water partition coefficient (Wildman–Crippen LogP) is 5.38. The summed E-state index contributed by atoms with van der Waals surface area (Å²) in [5, 5.41) is 6.41. The van der Waals surface area contributed by atoms with Crippen molar-refractivity contribution in [3.8, 4) is 0 Å². The number of benzene rings is 2. The van der Waals surface area contributed by atoms with Crippen molar-refractivity contribution in [3.05, 3.63) is 83.6 Å². The third-order valence-corrected chi connectivity index (χ3v) is 5.19. The first-order chi connectivity index (χ1) is 14.4. The number of anilines is 2. The van der Waals surface area contributed by atoms with E-state index in [0.29, 0.717) is 22.1 Å². The van der Waals surface area contributed by atoms with Crippen LogP contribution in [0.5, 0.6) is 0 Å². The number of carbonyl (C=O) groups is 1. The average molecular weight is 428 g/mol. The highest BCUT2D eigenvalue weighted by Crippen LogP contribution is 2.30. The van der Waals surface area contributed by atoms with Crippen LogP contribution < -0.4 is 10.6 Å². The maximum Gasteiger partial charge on any atom is 0.416 e. The standard InChI is InChI=1S/C21H15F3N4OS/c22-21(23,24)15-5-3-4-13(10-15)12-26-19(29)14-7-8-16-17(11-14)30-20(27-16)28-18-6-1-2-9-25-18/h1-11H,12H2,(H,26,29)(H,25,27,28). The molecule has 0 bridgehead atoms. The van der Waals surface area contributed by atoms with E-state index in [9.17, 15) is 18.0 Å². The minimum atomic E-state index is -4.42. The van der Waals surface area contributed by atoms with Crippen molar-refractivity contribution >= 4 is 38.4 Å². The van der Waals surface area contributed by atoms with Crippen molar-refractivity contribution in [1.82, 2.24) is 15.3 Å². The SMILES string of the molecule is O=C(NCc1cccc(C(F)(F)F)c1)c1ccc2nc(Nc3ccccn3)sc2c1. The second-order valence-corrected chi connectivity index (χ2v) is 7.45. The second-order valence-electron chi connectivity index (χ2n) is 6.42. The zero-order valence-corrected chi connectivity index (χ0v) is 16.2. The number of aromatic nitrogens is 2. The molecule has 152 valence electrons. The van der Waals surface area contributed by atoms with Crippen LogP contribution in [-0.2, 0) is 12.7 Å². The van der Waals surface area contributed by atoms with E-state index in [1.54, 1.807) is 24.4 Å². The molecule has 0 atom stereocenters. The third kappa shape index (κ3) is 4.57. The molecule has 1 amide bonds. The summed E-state index contributed by atoms with van der Waals surface area (Å²) in [7, 11) is 0. The van der Waals surface area contributed by atoms with Gasteiger partial charge in [0.1, 0.15) is 5.82 Å². The summed E-state index contributed by atoms with van der Waals surface area (Å²) in [6, 6.07) is 15.5. The number of rotatable bonds is 5. The van der Waals surface area contributed by atoms with Crippen LogP contribution in [0.25, 0.3) is 10.2 Å². The van der Waals surface area contributed by atoms with Crippen molar-refractivity contribution in [2.75, 3.05) is 5.32 Å². The highest BCUT2D eigenvalue weighted by molar-refractivity contribution is 7.22. The smallest absolute Gasteiger partial charge is 0.348 e.